The van der Waals surface area contributed by atoms with Gasteiger partial charge in [0, 0.05) is 36.1 Å². The standard InChI is InChI=1S/C29H31F3N6O/c1-17-14-21(2-5-23(17)18-8-12-38(13-9-18)22-3-4-22)35-27-26-19(6-10-34-28(26)39)15-25(37-27)36-24-16-20(7-11-33-24)29(30,31)32/h2,5,7,10-11,14-16,18,22,28,39H,3-4,6,8-9,12-13H2,1H3,(H2,33,35,36,37). The van der Waals surface area contributed by atoms with E-state index in [2.05, 4.69) is 49.6 Å². The first-order chi connectivity index (χ1) is 18.7. The minimum Gasteiger partial charge on any atom is -0.368 e. The molecule has 10 heteroatoms. The molecule has 1 atom stereocenters. The van der Waals surface area contributed by atoms with Crippen molar-refractivity contribution in [2.45, 2.75) is 63.4 Å². The van der Waals surface area contributed by atoms with Crippen LogP contribution >= 0.6 is 0 Å². The summed E-state index contributed by atoms with van der Waals surface area (Å²) in [4.78, 5) is 15.4. The van der Waals surface area contributed by atoms with E-state index in [4.69, 9.17) is 0 Å². The molecular formula is C29H31F3N6O. The van der Waals surface area contributed by atoms with E-state index in [1.807, 2.05) is 6.07 Å². The number of likely N-dealkylation sites (tertiary alicyclic amines) is 1. The van der Waals surface area contributed by atoms with Gasteiger partial charge in [-0.3, -0.25) is 4.99 Å². The minimum absolute atomic E-state index is 0.0289. The highest BCUT2D eigenvalue weighted by molar-refractivity contribution is 5.73. The fraction of sp³-hybridized carbons (Fsp3) is 0.414. The number of aliphatic hydroxyl groups is 1. The summed E-state index contributed by atoms with van der Waals surface area (Å²) in [5, 5.41) is 16.8. The van der Waals surface area contributed by atoms with Crippen molar-refractivity contribution in [2.24, 2.45) is 4.99 Å². The Morgan fingerprint density at radius 2 is 1.77 bits per heavy atom. The second-order valence-electron chi connectivity index (χ2n) is 10.6. The van der Waals surface area contributed by atoms with Crippen LogP contribution in [0.4, 0.5) is 36.3 Å². The first-order valence-electron chi connectivity index (χ1n) is 13.4. The van der Waals surface area contributed by atoms with Crippen molar-refractivity contribution in [1.82, 2.24) is 14.9 Å². The molecule has 6 rings (SSSR count). The Kier molecular flexibility index (Phi) is 6.76. The quantitative estimate of drug-likeness (QED) is 0.345. The third kappa shape index (κ3) is 5.62. The van der Waals surface area contributed by atoms with Crippen LogP contribution in [0.3, 0.4) is 0 Å². The van der Waals surface area contributed by atoms with Crippen molar-refractivity contribution >= 4 is 29.4 Å². The summed E-state index contributed by atoms with van der Waals surface area (Å²) in [6.07, 6.45) is 2.66. The lowest BCUT2D eigenvalue weighted by Crippen LogP contribution is -2.34. The lowest BCUT2D eigenvalue weighted by atomic mass is 9.86. The van der Waals surface area contributed by atoms with Gasteiger partial charge in [-0.25, -0.2) is 9.97 Å². The molecule has 1 unspecified atom stereocenters. The molecule has 3 aliphatic rings. The monoisotopic (exact) mass is 536 g/mol. The summed E-state index contributed by atoms with van der Waals surface area (Å²) < 4.78 is 39.6. The molecule has 2 aromatic heterocycles. The van der Waals surface area contributed by atoms with Crippen molar-refractivity contribution in [3.05, 3.63) is 70.4 Å². The normalized spacial score (nSPS) is 20.1. The topological polar surface area (TPSA) is 85.7 Å². The highest BCUT2D eigenvalue weighted by Crippen LogP contribution is 2.38. The van der Waals surface area contributed by atoms with Crippen LogP contribution in [-0.4, -0.2) is 45.3 Å². The second-order valence-corrected chi connectivity index (χ2v) is 10.6. The van der Waals surface area contributed by atoms with E-state index in [9.17, 15) is 18.3 Å². The number of aryl methyl sites for hydroxylation is 1. The molecule has 0 amide bonds. The van der Waals surface area contributed by atoms with Gasteiger partial charge in [0.05, 0.1) is 5.56 Å². The average Bonchev–Trinajstić information content (AvgIpc) is 3.74. The maximum Gasteiger partial charge on any atom is 0.416 e. The largest absolute Gasteiger partial charge is 0.416 e. The van der Waals surface area contributed by atoms with E-state index >= 15 is 0 Å². The molecule has 7 nitrogen and oxygen atoms in total. The highest BCUT2D eigenvalue weighted by Gasteiger charge is 2.33. The van der Waals surface area contributed by atoms with E-state index in [0.29, 0.717) is 29.5 Å². The maximum absolute atomic E-state index is 13.2. The van der Waals surface area contributed by atoms with E-state index < -0.39 is 18.0 Å². The average molecular weight is 537 g/mol. The van der Waals surface area contributed by atoms with Crippen molar-refractivity contribution in [3.8, 4) is 0 Å². The van der Waals surface area contributed by atoms with Crippen molar-refractivity contribution < 1.29 is 18.3 Å². The molecule has 1 aromatic carbocycles. The minimum atomic E-state index is -4.48. The van der Waals surface area contributed by atoms with Crippen molar-refractivity contribution in [1.29, 1.82) is 0 Å². The first-order valence-corrected chi connectivity index (χ1v) is 13.4. The number of aromatic nitrogens is 2. The summed E-state index contributed by atoms with van der Waals surface area (Å²) in [5.74, 6) is 1.29. The van der Waals surface area contributed by atoms with Crippen LogP contribution in [0, 0.1) is 6.92 Å². The van der Waals surface area contributed by atoms with Gasteiger partial charge < -0.3 is 20.6 Å². The van der Waals surface area contributed by atoms with Crippen LogP contribution < -0.4 is 10.6 Å². The molecule has 3 aromatic rings. The number of aliphatic hydroxyl groups excluding tert-OH is 1. The predicted molar refractivity (Wildman–Crippen MR) is 145 cm³/mol. The van der Waals surface area contributed by atoms with Gasteiger partial charge in [-0.15, -0.1) is 0 Å². The zero-order chi connectivity index (χ0) is 27.1. The Bertz CT molecular complexity index is 1400. The van der Waals surface area contributed by atoms with Gasteiger partial charge in [0.25, 0.3) is 0 Å². The van der Waals surface area contributed by atoms with Crippen molar-refractivity contribution in [2.75, 3.05) is 23.7 Å². The molecule has 2 fully saturated rings. The van der Waals surface area contributed by atoms with Gasteiger partial charge in [-0.05, 0) is 98.6 Å². The molecular weight excluding hydrogens is 505 g/mol. The van der Waals surface area contributed by atoms with Crippen LogP contribution in [0.5, 0.6) is 0 Å². The van der Waals surface area contributed by atoms with E-state index in [1.165, 1.54) is 36.8 Å². The van der Waals surface area contributed by atoms with E-state index in [1.54, 1.807) is 12.3 Å². The third-order valence-electron chi connectivity index (χ3n) is 7.87. The number of nitrogens with one attached hydrogen (secondary N) is 2. The molecule has 1 saturated heterocycles. The lowest BCUT2D eigenvalue weighted by Gasteiger charge is -2.33. The van der Waals surface area contributed by atoms with E-state index in [0.717, 1.165) is 48.7 Å². The Morgan fingerprint density at radius 3 is 2.49 bits per heavy atom. The number of aliphatic imine (C=N–C) groups is 1. The van der Waals surface area contributed by atoms with Crippen molar-refractivity contribution in [3.63, 3.8) is 0 Å². The fourth-order valence-corrected chi connectivity index (χ4v) is 5.72. The number of benzene rings is 1. The van der Waals surface area contributed by atoms with Gasteiger partial charge in [-0.2, -0.15) is 13.2 Å². The number of rotatable bonds is 6. The number of piperidine rings is 1. The summed E-state index contributed by atoms with van der Waals surface area (Å²) >= 11 is 0. The second kappa shape index (κ2) is 10.2. The van der Waals surface area contributed by atoms with Gasteiger partial charge in [-0.1, -0.05) is 6.07 Å². The third-order valence-corrected chi connectivity index (χ3v) is 7.87. The van der Waals surface area contributed by atoms with Crippen LogP contribution in [0.15, 0.2) is 47.6 Å². The molecule has 2 aliphatic heterocycles. The number of hydrogen-bond donors (Lipinski definition) is 3. The van der Waals surface area contributed by atoms with Gasteiger partial charge in [0.1, 0.15) is 17.5 Å². The molecule has 3 N–H and O–H groups in total. The van der Waals surface area contributed by atoms with Gasteiger partial charge >= 0.3 is 6.18 Å². The zero-order valence-corrected chi connectivity index (χ0v) is 21.7. The Balaban J connectivity index is 1.25. The van der Waals surface area contributed by atoms with Gasteiger partial charge in [0.15, 0.2) is 6.23 Å². The molecule has 1 aliphatic carbocycles. The Morgan fingerprint density at radius 1 is 0.974 bits per heavy atom. The molecule has 1 saturated carbocycles. The number of fused-ring (bicyclic) bond motifs is 1. The summed E-state index contributed by atoms with van der Waals surface area (Å²) in [6, 6.07) is 10.7. The number of halogens is 3. The fourth-order valence-electron chi connectivity index (χ4n) is 5.72. The Hall–Kier alpha value is -3.50. The number of nitrogens with zero attached hydrogens (tertiary/aromatic N) is 4. The molecule has 39 heavy (non-hydrogen) atoms. The molecule has 204 valence electrons. The molecule has 0 radical (unpaired) electrons. The predicted octanol–water partition coefficient (Wildman–Crippen LogP) is 6.25. The highest BCUT2D eigenvalue weighted by atomic mass is 19.4. The summed E-state index contributed by atoms with van der Waals surface area (Å²) in [7, 11) is 0. The molecule has 0 bridgehead atoms. The Labute approximate surface area is 225 Å². The number of pyridine rings is 2. The number of alkyl halides is 3. The zero-order valence-electron chi connectivity index (χ0n) is 21.7. The molecule has 0 spiro atoms. The summed E-state index contributed by atoms with van der Waals surface area (Å²) in [5.41, 5.74) is 3.90. The lowest BCUT2D eigenvalue weighted by molar-refractivity contribution is -0.137. The smallest absolute Gasteiger partial charge is 0.368 e. The number of anilines is 4. The van der Waals surface area contributed by atoms with Crippen LogP contribution in [0.1, 0.15) is 65.6 Å². The molecule has 4 heterocycles. The maximum atomic E-state index is 13.2. The summed E-state index contributed by atoms with van der Waals surface area (Å²) in [6.45, 7) is 4.43. The van der Waals surface area contributed by atoms with Crippen LogP contribution in [0.2, 0.25) is 0 Å². The van der Waals surface area contributed by atoms with E-state index in [-0.39, 0.29) is 5.82 Å². The number of hydrogen-bond acceptors (Lipinski definition) is 7. The first kappa shape index (κ1) is 25.8. The van der Waals surface area contributed by atoms with Gasteiger partial charge in [0.2, 0.25) is 0 Å². The van der Waals surface area contributed by atoms with Crippen LogP contribution in [-0.2, 0) is 12.6 Å². The van der Waals surface area contributed by atoms with Crippen LogP contribution in [0.25, 0.3) is 0 Å². The SMILES string of the molecule is Cc1cc(Nc2nc(Nc3cc(C(F)(F)F)ccn3)cc3c2C(O)N=CC3)ccc1C1CCN(C2CC2)CC1.